The molecule has 120 valence electrons. The highest BCUT2D eigenvalue weighted by molar-refractivity contribution is 6.30. The summed E-state index contributed by atoms with van der Waals surface area (Å²) in [6, 6.07) is 7.66. The molecule has 0 aromatic heterocycles. The van der Waals surface area contributed by atoms with Crippen LogP contribution in [0.2, 0.25) is 5.02 Å². The fourth-order valence-corrected chi connectivity index (χ4v) is 3.20. The Balaban J connectivity index is 2.13. The van der Waals surface area contributed by atoms with Crippen LogP contribution in [0.5, 0.6) is 0 Å². The van der Waals surface area contributed by atoms with Crippen LogP contribution in [0.1, 0.15) is 38.7 Å². The first-order valence-corrected chi connectivity index (χ1v) is 8.43. The highest BCUT2D eigenvalue weighted by atomic mass is 35.5. The number of rotatable bonds is 6. The van der Waals surface area contributed by atoms with Crippen molar-refractivity contribution in [3.05, 3.63) is 46.5 Å². The van der Waals surface area contributed by atoms with E-state index in [9.17, 15) is 4.79 Å². The lowest BCUT2D eigenvalue weighted by molar-refractivity contribution is -0.127. The Hall–Kier alpha value is -1.32. The Kier molecular flexibility index (Phi) is 6.04. The maximum atomic E-state index is 12.9. The van der Waals surface area contributed by atoms with Gasteiger partial charge in [-0.2, -0.15) is 0 Å². The van der Waals surface area contributed by atoms with Gasteiger partial charge in [0.1, 0.15) is 0 Å². The van der Waals surface area contributed by atoms with Crippen LogP contribution in [0.4, 0.5) is 0 Å². The number of carbonyl (C=O) groups is 1. The zero-order chi connectivity index (χ0) is 16.0. The Labute approximate surface area is 138 Å². The molecule has 0 atom stereocenters. The molecule has 0 unspecified atom stereocenters. The zero-order valence-corrected chi connectivity index (χ0v) is 14.2. The summed E-state index contributed by atoms with van der Waals surface area (Å²) in [5, 5.41) is 7.12. The number of nitrogens with one attached hydrogen (secondary N) is 2. The number of amides is 1. The molecule has 4 heteroatoms. The van der Waals surface area contributed by atoms with Gasteiger partial charge in [0.25, 0.3) is 0 Å². The van der Waals surface area contributed by atoms with E-state index in [4.69, 9.17) is 11.6 Å². The van der Waals surface area contributed by atoms with Gasteiger partial charge in [0.05, 0.1) is 5.41 Å². The summed E-state index contributed by atoms with van der Waals surface area (Å²) in [6.45, 7) is 6.68. The van der Waals surface area contributed by atoms with E-state index >= 15 is 0 Å². The van der Waals surface area contributed by atoms with E-state index in [2.05, 4.69) is 30.6 Å². The van der Waals surface area contributed by atoms with Crippen LogP contribution in [0.3, 0.4) is 0 Å². The number of halogens is 1. The molecule has 1 aliphatic rings. The first-order chi connectivity index (χ1) is 10.6. The number of hydrogen-bond acceptors (Lipinski definition) is 2. The zero-order valence-electron chi connectivity index (χ0n) is 13.4. The minimum absolute atomic E-state index is 0.110. The summed E-state index contributed by atoms with van der Waals surface area (Å²) in [7, 11) is 0. The standard InChI is InChI=1S/C18H25ClN2O/c1-3-18(4-2,15-5-7-16(19)8-6-15)17(22)21-13-14-9-11-20-12-10-14/h5-9,20H,3-4,10-13H2,1-2H3,(H,21,22). The summed E-state index contributed by atoms with van der Waals surface area (Å²) < 4.78 is 0. The monoisotopic (exact) mass is 320 g/mol. The van der Waals surface area contributed by atoms with Gasteiger partial charge < -0.3 is 10.6 Å². The van der Waals surface area contributed by atoms with Crippen molar-refractivity contribution in [3.8, 4) is 0 Å². The Morgan fingerprint density at radius 2 is 1.95 bits per heavy atom. The molecule has 1 aromatic rings. The Morgan fingerprint density at radius 3 is 2.50 bits per heavy atom. The second-order valence-electron chi connectivity index (χ2n) is 5.80. The van der Waals surface area contributed by atoms with Crippen molar-refractivity contribution in [2.45, 2.75) is 38.5 Å². The minimum atomic E-state index is -0.474. The number of carbonyl (C=O) groups excluding carboxylic acids is 1. The van der Waals surface area contributed by atoms with Crippen molar-refractivity contribution in [2.75, 3.05) is 19.6 Å². The predicted octanol–water partition coefficient (Wildman–Crippen LogP) is 3.43. The molecule has 0 fully saturated rings. The van der Waals surface area contributed by atoms with Gasteiger partial charge in [-0.05, 0) is 43.5 Å². The van der Waals surface area contributed by atoms with Gasteiger partial charge in [0.2, 0.25) is 5.91 Å². The lowest BCUT2D eigenvalue weighted by Gasteiger charge is -2.31. The van der Waals surface area contributed by atoms with Crippen molar-refractivity contribution >= 4 is 17.5 Å². The molecule has 0 saturated carbocycles. The minimum Gasteiger partial charge on any atom is -0.352 e. The third-order valence-corrected chi connectivity index (χ3v) is 4.92. The molecular formula is C18H25ClN2O. The van der Waals surface area contributed by atoms with Gasteiger partial charge in [-0.3, -0.25) is 4.79 Å². The molecule has 0 spiro atoms. The predicted molar refractivity (Wildman–Crippen MR) is 92.3 cm³/mol. The lowest BCUT2D eigenvalue weighted by Crippen LogP contribution is -2.44. The first-order valence-electron chi connectivity index (χ1n) is 8.05. The second-order valence-corrected chi connectivity index (χ2v) is 6.23. The topological polar surface area (TPSA) is 41.1 Å². The van der Waals surface area contributed by atoms with Crippen molar-refractivity contribution in [3.63, 3.8) is 0 Å². The van der Waals surface area contributed by atoms with Crippen LogP contribution >= 0.6 is 11.6 Å². The average Bonchev–Trinajstić information content (AvgIpc) is 2.57. The first kappa shape index (κ1) is 17.0. The molecule has 2 rings (SSSR count). The molecule has 0 radical (unpaired) electrons. The van der Waals surface area contributed by atoms with E-state index in [1.54, 1.807) is 0 Å². The largest absolute Gasteiger partial charge is 0.352 e. The van der Waals surface area contributed by atoms with E-state index in [0.29, 0.717) is 11.6 Å². The summed E-state index contributed by atoms with van der Waals surface area (Å²) in [6.07, 6.45) is 4.73. The van der Waals surface area contributed by atoms with Crippen LogP contribution in [0, 0.1) is 0 Å². The maximum absolute atomic E-state index is 12.9. The molecule has 1 amide bonds. The van der Waals surface area contributed by atoms with Crippen molar-refractivity contribution < 1.29 is 4.79 Å². The van der Waals surface area contributed by atoms with Gasteiger partial charge in [-0.15, -0.1) is 0 Å². The molecule has 0 bridgehead atoms. The van der Waals surface area contributed by atoms with Gasteiger partial charge in [0.15, 0.2) is 0 Å². The normalized spacial score (nSPS) is 15.3. The maximum Gasteiger partial charge on any atom is 0.230 e. The Bertz CT molecular complexity index is 533. The smallest absolute Gasteiger partial charge is 0.230 e. The van der Waals surface area contributed by atoms with E-state index in [-0.39, 0.29) is 5.91 Å². The fraction of sp³-hybridized carbons (Fsp3) is 0.500. The quantitative estimate of drug-likeness (QED) is 0.788. The van der Waals surface area contributed by atoms with E-state index < -0.39 is 5.41 Å². The van der Waals surface area contributed by atoms with Gasteiger partial charge in [0, 0.05) is 18.1 Å². The highest BCUT2D eigenvalue weighted by Crippen LogP contribution is 2.32. The molecule has 1 heterocycles. The van der Waals surface area contributed by atoms with Crippen molar-refractivity contribution in [1.29, 1.82) is 0 Å². The third kappa shape index (κ3) is 3.71. The van der Waals surface area contributed by atoms with Crippen LogP contribution < -0.4 is 10.6 Å². The molecule has 3 nitrogen and oxygen atoms in total. The number of benzene rings is 1. The summed E-state index contributed by atoms with van der Waals surface area (Å²) >= 11 is 5.98. The van der Waals surface area contributed by atoms with E-state index in [1.165, 1.54) is 5.57 Å². The molecule has 1 aromatic carbocycles. The van der Waals surface area contributed by atoms with Gasteiger partial charge in [-0.25, -0.2) is 0 Å². The van der Waals surface area contributed by atoms with Crippen molar-refractivity contribution in [1.82, 2.24) is 10.6 Å². The van der Waals surface area contributed by atoms with Crippen LogP contribution in [-0.4, -0.2) is 25.5 Å². The lowest BCUT2D eigenvalue weighted by atomic mass is 9.75. The third-order valence-electron chi connectivity index (χ3n) is 4.67. The van der Waals surface area contributed by atoms with E-state index in [0.717, 1.165) is 37.9 Å². The van der Waals surface area contributed by atoms with Crippen LogP contribution in [0.15, 0.2) is 35.9 Å². The molecule has 2 N–H and O–H groups in total. The molecular weight excluding hydrogens is 296 g/mol. The second kappa shape index (κ2) is 7.80. The Morgan fingerprint density at radius 1 is 1.27 bits per heavy atom. The van der Waals surface area contributed by atoms with Crippen molar-refractivity contribution in [2.24, 2.45) is 0 Å². The highest BCUT2D eigenvalue weighted by Gasteiger charge is 2.36. The molecule has 0 saturated heterocycles. The number of hydrogen-bond donors (Lipinski definition) is 2. The van der Waals surface area contributed by atoms with Gasteiger partial charge >= 0.3 is 0 Å². The SMILES string of the molecule is CCC(CC)(C(=O)NCC1=CCNCC1)c1ccc(Cl)cc1. The molecule has 0 aliphatic carbocycles. The van der Waals surface area contributed by atoms with E-state index in [1.807, 2.05) is 24.3 Å². The average molecular weight is 321 g/mol. The molecule has 1 aliphatic heterocycles. The summed E-state index contributed by atoms with van der Waals surface area (Å²) in [4.78, 5) is 12.9. The summed E-state index contributed by atoms with van der Waals surface area (Å²) in [5.41, 5.74) is 1.88. The summed E-state index contributed by atoms with van der Waals surface area (Å²) in [5.74, 6) is 0.110. The van der Waals surface area contributed by atoms with Gasteiger partial charge in [-0.1, -0.05) is 49.2 Å². The van der Waals surface area contributed by atoms with Crippen LogP contribution in [-0.2, 0) is 10.2 Å². The molecule has 22 heavy (non-hydrogen) atoms. The fourth-order valence-electron chi connectivity index (χ4n) is 3.07. The van der Waals surface area contributed by atoms with Crippen LogP contribution in [0.25, 0.3) is 0 Å².